The third-order valence-electron chi connectivity index (χ3n) is 3.32. The lowest BCUT2D eigenvalue weighted by atomic mass is 10.1. The molecule has 0 radical (unpaired) electrons. The average molecular weight is 343 g/mol. The number of hydrogen-bond acceptors (Lipinski definition) is 4. The van der Waals surface area contributed by atoms with Crippen LogP contribution in [0.1, 0.15) is 12.5 Å². The zero-order valence-corrected chi connectivity index (χ0v) is 14.8. The molecule has 2 rings (SSSR count). The first kappa shape index (κ1) is 17.7. The Morgan fingerprint density at radius 1 is 0.958 bits per heavy atom. The maximum absolute atomic E-state index is 5.24. The second-order valence-electron chi connectivity index (χ2n) is 5.17. The predicted octanol–water partition coefficient (Wildman–Crippen LogP) is 3.61. The van der Waals surface area contributed by atoms with Crippen LogP contribution in [0.2, 0.25) is 0 Å². The zero-order valence-electron chi connectivity index (χ0n) is 14.0. The second kappa shape index (κ2) is 8.88. The summed E-state index contributed by atoms with van der Waals surface area (Å²) in [6.45, 7) is 1.95. The first-order valence-corrected chi connectivity index (χ1v) is 7.88. The van der Waals surface area contributed by atoms with Crippen LogP contribution in [-0.4, -0.2) is 25.0 Å². The molecule has 126 valence electrons. The van der Waals surface area contributed by atoms with Crippen LogP contribution in [0, 0.1) is 0 Å². The van der Waals surface area contributed by atoms with Gasteiger partial charge in [0, 0.05) is 17.8 Å². The van der Waals surface area contributed by atoms with Gasteiger partial charge in [-0.1, -0.05) is 12.1 Å². The maximum atomic E-state index is 5.24. The van der Waals surface area contributed by atoms with Crippen LogP contribution in [0.15, 0.2) is 53.6 Å². The molecule has 0 saturated heterocycles. The maximum Gasteiger partial charge on any atom is 0.191 e. The molecule has 0 heterocycles. The van der Waals surface area contributed by atoms with E-state index in [9.17, 15) is 0 Å². The van der Waals surface area contributed by atoms with Crippen molar-refractivity contribution in [2.24, 2.45) is 5.10 Å². The van der Waals surface area contributed by atoms with Gasteiger partial charge in [-0.3, -0.25) is 5.43 Å². The lowest BCUT2D eigenvalue weighted by Gasteiger charge is -2.09. The molecule has 6 heteroatoms. The molecule has 0 aromatic heterocycles. The van der Waals surface area contributed by atoms with Gasteiger partial charge in [-0.05, 0) is 61.1 Å². The van der Waals surface area contributed by atoms with Gasteiger partial charge in [-0.25, -0.2) is 0 Å². The van der Waals surface area contributed by atoms with Crippen LogP contribution in [0.25, 0.3) is 0 Å². The molecule has 2 aromatic rings. The van der Waals surface area contributed by atoms with Crippen molar-refractivity contribution >= 4 is 28.7 Å². The molecule has 0 atom stereocenters. The van der Waals surface area contributed by atoms with Gasteiger partial charge in [0.1, 0.15) is 11.5 Å². The number of hydrogen-bond donors (Lipinski definition) is 2. The van der Waals surface area contributed by atoms with Crippen LogP contribution in [0.5, 0.6) is 11.5 Å². The molecule has 0 spiro atoms. The van der Waals surface area contributed by atoms with Crippen LogP contribution < -0.4 is 20.2 Å². The Balaban J connectivity index is 1.84. The summed E-state index contributed by atoms with van der Waals surface area (Å²) in [4.78, 5) is 0. The Morgan fingerprint density at radius 2 is 1.50 bits per heavy atom. The Labute approximate surface area is 147 Å². The van der Waals surface area contributed by atoms with Crippen molar-refractivity contribution in [3.8, 4) is 11.5 Å². The Kier molecular flexibility index (Phi) is 6.57. The quantitative estimate of drug-likeness (QED) is 0.477. The van der Waals surface area contributed by atoms with Crippen molar-refractivity contribution in [3.05, 3.63) is 54.1 Å². The fraction of sp³-hybridized carbons (Fsp3) is 0.222. The number of nitrogens with one attached hydrogen (secondary N) is 2. The molecule has 24 heavy (non-hydrogen) atoms. The highest BCUT2D eigenvalue weighted by Crippen LogP contribution is 2.15. The molecule has 0 bridgehead atoms. The van der Waals surface area contributed by atoms with E-state index in [0.29, 0.717) is 5.11 Å². The minimum atomic E-state index is 0.439. The molecule has 0 aliphatic heterocycles. The van der Waals surface area contributed by atoms with Crippen LogP contribution in [0.4, 0.5) is 5.69 Å². The van der Waals surface area contributed by atoms with E-state index in [-0.39, 0.29) is 0 Å². The lowest BCUT2D eigenvalue weighted by Crippen LogP contribution is -2.25. The summed E-state index contributed by atoms with van der Waals surface area (Å²) >= 11 is 5.24. The van der Waals surface area contributed by atoms with E-state index >= 15 is 0 Å². The molecule has 0 amide bonds. The van der Waals surface area contributed by atoms with Crippen molar-refractivity contribution in [2.75, 3.05) is 19.5 Å². The van der Waals surface area contributed by atoms with E-state index in [1.54, 1.807) is 14.2 Å². The molecule has 2 N–H and O–H groups in total. The lowest BCUT2D eigenvalue weighted by molar-refractivity contribution is 0.414. The van der Waals surface area contributed by atoms with Gasteiger partial charge in [0.2, 0.25) is 0 Å². The number of hydrazone groups is 1. The number of nitrogens with zero attached hydrogens (tertiary/aromatic N) is 1. The van der Waals surface area contributed by atoms with Crippen molar-refractivity contribution in [2.45, 2.75) is 13.3 Å². The van der Waals surface area contributed by atoms with Gasteiger partial charge in [0.15, 0.2) is 5.11 Å². The van der Waals surface area contributed by atoms with Crippen molar-refractivity contribution < 1.29 is 9.47 Å². The van der Waals surface area contributed by atoms with Gasteiger partial charge < -0.3 is 14.8 Å². The monoisotopic (exact) mass is 343 g/mol. The number of rotatable bonds is 6. The molecule has 0 aliphatic rings. The predicted molar refractivity (Wildman–Crippen MR) is 102 cm³/mol. The molecule has 2 aromatic carbocycles. The minimum Gasteiger partial charge on any atom is -0.497 e. The summed E-state index contributed by atoms with van der Waals surface area (Å²) in [5.74, 6) is 1.64. The SMILES string of the molecule is COc1ccc(C/C(C)=N\NC(=S)Nc2ccc(OC)cc2)cc1. The summed E-state index contributed by atoms with van der Waals surface area (Å²) in [5.41, 5.74) is 5.82. The molecule has 0 fully saturated rings. The van der Waals surface area contributed by atoms with Crippen molar-refractivity contribution in [1.82, 2.24) is 5.43 Å². The van der Waals surface area contributed by atoms with Crippen molar-refractivity contribution in [3.63, 3.8) is 0 Å². The number of ether oxygens (including phenoxy) is 2. The standard InChI is InChI=1S/C18H21N3O2S/c1-13(12-14-4-8-16(22-2)9-5-14)20-21-18(24)19-15-6-10-17(23-3)11-7-15/h4-11H,12H2,1-3H3,(H2,19,21,24)/b20-13-. The van der Waals surface area contributed by atoms with E-state index in [2.05, 4.69) is 15.8 Å². The highest BCUT2D eigenvalue weighted by molar-refractivity contribution is 7.80. The van der Waals surface area contributed by atoms with E-state index in [4.69, 9.17) is 21.7 Å². The topological polar surface area (TPSA) is 54.9 Å². The minimum absolute atomic E-state index is 0.439. The Hall–Kier alpha value is -2.60. The van der Waals surface area contributed by atoms with E-state index in [0.717, 1.165) is 34.9 Å². The molecule has 0 unspecified atom stereocenters. The number of benzene rings is 2. The van der Waals surface area contributed by atoms with Crippen molar-refractivity contribution in [1.29, 1.82) is 0 Å². The second-order valence-corrected chi connectivity index (χ2v) is 5.57. The third kappa shape index (κ3) is 5.55. The molecule has 0 aliphatic carbocycles. The molecular formula is C18H21N3O2S. The van der Waals surface area contributed by atoms with Crippen LogP contribution in [-0.2, 0) is 6.42 Å². The smallest absolute Gasteiger partial charge is 0.191 e. The Bertz CT molecular complexity index is 697. The van der Waals surface area contributed by atoms with Gasteiger partial charge in [-0.2, -0.15) is 5.10 Å². The van der Waals surface area contributed by atoms with E-state index in [1.165, 1.54) is 0 Å². The van der Waals surface area contributed by atoms with E-state index < -0.39 is 0 Å². The first-order valence-electron chi connectivity index (χ1n) is 7.48. The average Bonchev–Trinajstić information content (AvgIpc) is 2.61. The van der Waals surface area contributed by atoms with Gasteiger partial charge in [0.25, 0.3) is 0 Å². The summed E-state index contributed by atoms with van der Waals surface area (Å²) in [6.07, 6.45) is 0.738. The number of anilines is 1. The van der Waals surface area contributed by atoms with Gasteiger partial charge >= 0.3 is 0 Å². The summed E-state index contributed by atoms with van der Waals surface area (Å²) < 4.78 is 10.3. The largest absolute Gasteiger partial charge is 0.497 e. The first-order chi connectivity index (χ1) is 11.6. The van der Waals surface area contributed by atoms with Crippen LogP contribution >= 0.6 is 12.2 Å². The number of methoxy groups -OCH3 is 2. The zero-order chi connectivity index (χ0) is 17.4. The summed E-state index contributed by atoms with van der Waals surface area (Å²) in [6, 6.07) is 15.4. The highest BCUT2D eigenvalue weighted by Gasteiger charge is 2.00. The Morgan fingerprint density at radius 3 is 2.04 bits per heavy atom. The fourth-order valence-corrected chi connectivity index (χ4v) is 2.22. The fourth-order valence-electron chi connectivity index (χ4n) is 2.06. The summed E-state index contributed by atoms with van der Waals surface area (Å²) in [5, 5.41) is 7.81. The highest BCUT2D eigenvalue weighted by atomic mass is 32.1. The molecular weight excluding hydrogens is 322 g/mol. The van der Waals surface area contributed by atoms with Gasteiger partial charge in [0.05, 0.1) is 14.2 Å². The normalized spacial score (nSPS) is 10.9. The molecule has 0 saturated carbocycles. The third-order valence-corrected chi connectivity index (χ3v) is 3.51. The van der Waals surface area contributed by atoms with E-state index in [1.807, 2.05) is 55.5 Å². The van der Waals surface area contributed by atoms with Crippen LogP contribution in [0.3, 0.4) is 0 Å². The van der Waals surface area contributed by atoms with Gasteiger partial charge in [-0.15, -0.1) is 0 Å². The molecule has 5 nitrogen and oxygen atoms in total. The number of thiocarbonyl (C=S) groups is 1. The summed E-state index contributed by atoms with van der Waals surface area (Å²) in [7, 11) is 3.29.